The monoisotopic (exact) mass is 531 g/mol. The lowest BCUT2D eigenvalue weighted by Gasteiger charge is -2.13. The van der Waals surface area contributed by atoms with Gasteiger partial charge in [0.2, 0.25) is 0 Å². The molecule has 1 aromatic carbocycles. The van der Waals surface area contributed by atoms with E-state index in [-0.39, 0.29) is 12.4 Å². The number of hydrogen-bond acceptors (Lipinski definition) is 11. The lowest BCUT2D eigenvalue weighted by Crippen LogP contribution is -2.33. The number of aliphatic carboxylic acids is 1. The molecule has 1 unspecified atom stereocenters. The van der Waals surface area contributed by atoms with E-state index in [4.69, 9.17) is 33.2 Å². The van der Waals surface area contributed by atoms with Crippen LogP contribution in [0.5, 0.6) is 11.5 Å². The maximum Gasteiger partial charge on any atom is 0.332 e. The van der Waals surface area contributed by atoms with Crippen LogP contribution in [0.25, 0.3) is 0 Å². The normalized spacial score (nSPS) is 17.3. The van der Waals surface area contributed by atoms with E-state index in [1.165, 1.54) is 17.8 Å². The largest absolute Gasteiger partial charge is 0.507 e. The molecule has 0 bridgehead atoms. The molecule has 1 aromatic rings. The van der Waals surface area contributed by atoms with Crippen molar-refractivity contribution in [2.45, 2.75) is 12.5 Å². The molecule has 0 aromatic heterocycles. The van der Waals surface area contributed by atoms with Crippen molar-refractivity contribution in [2.75, 3.05) is 92.1 Å². The van der Waals surface area contributed by atoms with Crippen molar-refractivity contribution in [3.8, 4) is 11.5 Å². The number of carboxylic acid groups (broad SMARTS) is 1. The van der Waals surface area contributed by atoms with Crippen LogP contribution in [-0.4, -0.2) is 119 Å². The first kappa shape index (κ1) is 30.3. The maximum atomic E-state index is 11.5. The molecule has 36 heavy (non-hydrogen) atoms. The summed E-state index contributed by atoms with van der Waals surface area (Å²) in [4.78, 5) is 15.8. The molecule has 0 saturated heterocycles. The molecule has 0 amide bonds. The molecule has 0 saturated carbocycles. The van der Waals surface area contributed by atoms with Gasteiger partial charge in [-0.15, -0.1) is 11.8 Å². The Bertz CT molecular complexity index is 809. The van der Waals surface area contributed by atoms with Crippen molar-refractivity contribution in [1.82, 2.24) is 0 Å². The Morgan fingerprint density at radius 2 is 1.39 bits per heavy atom. The molecule has 11 nitrogen and oxygen atoms in total. The predicted molar refractivity (Wildman–Crippen MR) is 135 cm³/mol. The molecule has 0 spiro atoms. The minimum atomic E-state index is -1.22. The first-order chi connectivity index (χ1) is 17.5. The van der Waals surface area contributed by atoms with Gasteiger partial charge in [0.05, 0.1) is 78.2 Å². The fraction of sp³-hybridized carbons (Fsp3) is 0.667. The molecule has 2 N–H and O–H groups in total. The number of thioether (sulfide) groups is 1. The van der Waals surface area contributed by atoms with Gasteiger partial charge in [0.1, 0.15) is 23.1 Å². The van der Waals surface area contributed by atoms with Gasteiger partial charge in [-0.2, -0.15) is 0 Å². The van der Waals surface area contributed by atoms with Gasteiger partial charge < -0.3 is 43.4 Å². The molecule has 1 heterocycles. The van der Waals surface area contributed by atoms with Crippen LogP contribution >= 0.6 is 11.8 Å². The van der Waals surface area contributed by atoms with Crippen LogP contribution in [0.4, 0.5) is 0 Å². The minimum Gasteiger partial charge on any atom is -0.507 e. The third kappa shape index (κ3) is 11.0. The Labute approximate surface area is 216 Å². The molecule has 2 rings (SSSR count). The second-order valence-electron chi connectivity index (χ2n) is 7.84. The Morgan fingerprint density at radius 3 is 1.86 bits per heavy atom. The summed E-state index contributed by atoms with van der Waals surface area (Å²) in [5.74, 6) is -0.299. The number of carboxylic acids is 1. The third-order valence-electron chi connectivity index (χ3n) is 4.92. The number of nitrogens with zero attached hydrogens (tertiary/aromatic N) is 1. The fourth-order valence-electron chi connectivity index (χ4n) is 2.92. The number of phenols is 1. The van der Waals surface area contributed by atoms with Crippen LogP contribution in [0, 0.1) is 0 Å². The van der Waals surface area contributed by atoms with Crippen LogP contribution < -0.4 is 4.74 Å². The van der Waals surface area contributed by atoms with Gasteiger partial charge in [-0.05, 0) is 19.1 Å². The number of benzene rings is 1. The number of carbonyl (C=O) groups is 1. The van der Waals surface area contributed by atoms with Crippen molar-refractivity contribution in [2.24, 2.45) is 4.99 Å². The molecular formula is C24H37NO10S. The van der Waals surface area contributed by atoms with Gasteiger partial charge in [-0.1, -0.05) is 6.07 Å². The first-order valence-corrected chi connectivity index (χ1v) is 12.8. The van der Waals surface area contributed by atoms with E-state index < -0.39 is 11.5 Å². The molecule has 1 atom stereocenters. The zero-order valence-corrected chi connectivity index (χ0v) is 21.8. The van der Waals surface area contributed by atoms with E-state index in [9.17, 15) is 15.0 Å². The van der Waals surface area contributed by atoms with Crippen LogP contribution in [0.2, 0.25) is 0 Å². The number of aliphatic imine (C=N–C) groups is 1. The third-order valence-corrected chi connectivity index (χ3v) is 6.20. The highest BCUT2D eigenvalue weighted by Gasteiger charge is 2.39. The summed E-state index contributed by atoms with van der Waals surface area (Å²) in [5, 5.41) is 20.2. The Kier molecular flexibility index (Phi) is 14.7. The van der Waals surface area contributed by atoms with Crippen molar-refractivity contribution >= 4 is 22.8 Å². The second-order valence-corrected chi connectivity index (χ2v) is 8.80. The number of aromatic hydroxyl groups is 1. The average molecular weight is 532 g/mol. The number of ether oxygens (including phenoxy) is 7. The molecule has 0 radical (unpaired) electrons. The van der Waals surface area contributed by atoms with E-state index in [1.54, 1.807) is 26.2 Å². The van der Waals surface area contributed by atoms with Crippen LogP contribution in [-0.2, 0) is 33.2 Å². The minimum absolute atomic E-state index is 0.0107. The topological polar surface area (TPSA) is 134 Å². The smallest absolute Gasteiger partial charge is 0.332 e. The van der Waals surface area contributed by atoms with Gasteiger partial charge in [-0.3, -0.25) is 4.99 Å². The average Bonchev–Trinajstić information content (AvgIpc) is 3.26. The number of methoxy groups -OCH3 is 1. The van der Waals surface area contributed by atoms with E-state index >= 15 is 0 Å². The SMILES string of the molecule is COCCOCCOCCOCCOCCOCCOc1cccc(O)c1C1=NC(C)(C(=O)O)CS1. The van der Waals surface area contributed by atoms with Crippen molar-refractivity contribution < 1.29 is 48.2 Å². The quantitative estimate of drug-likeness (QED) is 0.225. The van der Waals surface area contributed by atoms with Crippen molar-refractivity contribution in [3.05, 3.63) is 23.8 Å². The number of rotatable bonds is 21. The first-order valence-electron chi connectivity index (χ1n) is 11.8. The molecule has 0 aliphatic carbocycles. The molecule has 1 aliphatic rings. The summed E-state index contributed by atoms with van der Waals surface area (Å²) in [6, 6.07) is 4.89. The number of hydrogen-bond donors (Lipinski definition) is 2. The Morgan fingerprint density at radius 1 is 0.889 bits per heavy atom. The second kappa shape index (κ2) is 17.5. The summed E-state index contributed by atoms with van der Waals surface area (Å²) in [6.07, 6.45) is 0. The standard InChI is InChI=1S/C24H37NO10S/c1-24(23(27)28)18-36-22(25-24)21-19(26)4-3-5-20(21)35-17-16-34-15-14-33-13-12-32-11-10-31-9-8-30-7-6-29-2/h3-5,26H,6-18H2,1-2H3,(H,27,28). The lowest BCUT2D eigenvalue weighted by molar-refractivity contribution is -0.141. The van der Waals surface area contributed by atoms with Crippen molar-refractivity contribution in [1.29, 1.82) is 0 Å². The van der Waals surface area contributed by atoms with E-state index in [0.717, 1.165) is 0 Å². The van der Waals surface area contributed by atoms with Gasteiger partial charge in [0, 0.05) is 12.9 Å². The molecule has 0 fully saturated rings. The molecule has 1 aliphatic heterocycles. The zero-order valence-electron chi connectivity index (χ0n) is 20.9. The highest BCUT2D eigenvalue weighted by molar-refractivity contribution is 8.14. The molecule has 12 heteroatoms. The predicted octanol–water partition coefficient (Wildman–Crippen LogP) is 1.84. The van der Waals surface area contributed by atoms with Gasteiger partial charge in [0.25, 0.3) is 0 Å². The Balaban J connectivity index is 1.50. The van der Waals surface area contributed by atoms with E-state index in [2.05, 4.69) is 4.99 Å². The maximum absolute atomic E-state index is 11.5. The van der Waals surface area contributed by atoms with Crippen LogP contribution in [0.3, 0.4) is 0 Å². The summed E-state index contributed by atoms with van der Waals surface area (Å²) in [7, 11) is 1.63. The number of phenolic OH excluding ortho intramolecular Hbond substituents is 1. The van der Waals surface area contributed by atoms with Crippen LogP contribution in [0.1, 0.15) is 12.5 Å². The summed E-state index contributed by atoms with van der Waals surface area (Å²) < 4.78 is 37.7. The van der Waals surface area contributed by atoms with Crippen molar-refractivity contribution in [3.63, 3.8) is 0 Å². The van der Waals surface area contributed by atoms with E-state index in [0.29, 0.717) is 94.8 Å². The summed E-state index contributed by atoms with van der Waals surface area (Å²) in [6.45, 7) is 7.09. The highest BCUT2D eigenvalue weighted by Crippen LogP contribution is 2.38. The Hall–Kier alpha value is -1.93. The lowest BCUT2D eigenvalue weighted by atomic mass is 10.1. The zero-order chi connectivity index (χ0) is 26.1. The molecule has 204 valence electrons. The van der Waals surface area contributed by atoms with Gasteiger partial charge in [0.15, 0.2) is 5.54 Å². The van der Waals surface area contributed by atoms with Gasteiger partial charge >= 0.3 is 5.97 Å². The van der Waals surface area contributed by atoms with Gasteiger partial charge in [-0.25, -0.2) is 4.79 Å². The van der Waals surface area contributed by atoms with Crippen LogP contribution in [0.15, 0.2) is 23.2 Å². The van der Waals surface area contributed by atoms with E-state index in [1.807, 2.05) is 0 Å². The molecular weight excluding hydrogens is 494 g/mol. The summed E-state index contributed by atoms with van der Waals surface area (Å²) >= 11 is 1.28. The highest BCUT2D eigenvalue weighted by atomic mass is 32.2. The fourth-order valence-corrected chi connectivity index (χ4v) is 4.15. The summed E-state index contributed by atoms with van der Waals surface area (Å²) in [5.41, 5.74) is -0.822.